The fraction of sp³-hybridized carbons (Fsp3) is 0.818. The molecule has 1 heteroatoms. The van der Waals surface area contributed by atoms with Crippen LogP contribution in [0.3, 0.4) is 0 Å². The van der Waals surface area contributed by atoms with Gasteiger partial charge in [-0.25, -0.2) is 0 Å². The second kappa shape index (κ2) is 3.97. The molecule has 0 fully saturated rings. The molecule has 0 bridgehead atoms. The highest BCUT2D eigenvalue weighted by Gasteiger charge is 2.14. The number of rotatable bonds is 1. The van der Waals surface area contributed by atoms with Crippen LogP contribution in [0.1, 0.15) is 52.9 Å². The fourth-order valence-corrected chi connectivity index (χ4v) is 1.47. The van der Waals surface area contributed by atoms with Crippen LogP contribution in [-0.4, -0.2) is 5.60 Å². The lowest BCUT2D eigenvalue weighted by molar-refractivity contribution is 0.0464. The molecule has 1 nitrogen and oxygen atoms in total. The summed E-state index contributed by atoms with van der Waals surface area (Å²) in [4.78, 5) is 0. The predicted molar refractivity (Wildman–Crippen MR) is 52.0 cm³/mol. The molecule has 0 spiro atoms. The maximum atomic E-state index is 5.82. The SMILES string of the molecule is CC(C)(C)OC1=CCCCCC1. The Hall–Kier alpha value is -0.460. The molecule has 0 amide bonds. The molecule has 0 aromatic carbocycles. The minimum Gasteiger partial charge on any atom is -0.493 e. The zero-order chi connectivity index (χ0) is 9.03. The first-order valence-electron chi connectivity index (χ1n) is 4.96. The molecule has 0 aromatic heterocycles. The summed E-state index contributed by atoms with van der Waals surface area (Å²) in [7, 11) is 0. The number of ether oxygens (including phenoxy) is 1. The highest BCUT2D eigenvalue weighted by atomic mass is 16.5. The lowest BCUT2D eigenvalue weighted by Gasteiger charge is -2.23. The Morgan fingerprint density at radius 2 is 1.92 bits per heavy atom. The first kappa shape index (κ1) is 9.63. The molecule has 0 radical (unpaired) electrons. The summed E-state index contributed by atoms with van der Waals surface area (Å²) < 4.78 is 5.82. The van der Waals surface area contributed by atoms with Crippen molar-refractivity contribution < 1.29 is 4.74 Å². The van der Waals surface area contributed by atoms with Gasteiger partial charge in [0.15, 0.2) is 0 Å². The van der Waals surface area contributed by atoms with Gasteiger partial charge in [-0.15, -0.1) is 0 Å². The summed E-state index contributed by atoms with van der Waals surface area (Å²) in [5.74, 6) is 1.21. The van der Waals surface area contributed by atoms with Gasteiger partial charge in [-0.3, -0.25) is 0 Å². The van der Waals surface area contributed by atoms with E-state index in [1.54, 1.807) is 0 Å². The topological polar surface area (TPSA) is 9.23 Å². The lowest BCUT2D eigenvalue weighted by atomic mass is 10.2. The minimum atomic E-state index is -0.0177. The number of allylic oxidation sites excluding steroid dienone is 2. The zero-order valence-corrected chi connectivity index (χ0v) is 8.52. The van der Waals surface area contributed by atoms with E-state index in [1.165, 1.54) is 31.4 Å². The Morgan fingerprint density at radius 1 is 1.17 bits per heavy atom. The summed E-state index contributed by atoms with van der Waals surface area (Å²) >= 11 is 0. The van der Waals surface area contributed by atoms with Crippen molar-refractivity contribution in [3.63, 3.8) is 0 Å². The highest BCUT2D eigenvalue weighted by molar-refractivity contribution is 4.96. The molecule has 1 rings (SSSR count). The molecule has 0 saturated heterocycles. The summed E-state index contributed by atoms with van der Waals surface area (Å²) in [6, 6.07) is 0. The molecular formula is C11H20O. The lowest BCUT2D eigenvalue weighted by Crippen LogP contribution is -2.18. The summed E-state index contributed by atoms with van der Waals surface area (Å²) in [5, 5.41) is 0. The van der Waals surface area contributed by atoms with E-state index in [1.807, 2.05) is 0 Å². The maximum Gasteiger partial charge on any atom is 0.100 e. The van der Waals surface area contributed by atoms with Crippen LogP contribution >= 0.6 is 0 Å². The normalized spacial score (nSPS) is 19.8. The second-order valence-corrected chi connectivity index (χ2v) is 4.48. The average molecular weight is 168 g/mol. The molecule has 0 saturated carbocycles. The van der Waals surface area contributed by atoms with E-state index in [-0.39, 0.29) is 5.60 Å². The third-order valence-corrected chi connectivity index (χ3v) is 1.94. The first-order chi connectivity index (χ1) is 5.58. The fourth-order valence-electron chi connectivity index (χ4n) is 1.47. The smallest absolute Gasteiger partial charge is 0.100 e. The van der Waals surface area contributed by atoms with E-state index in [0.29, 0.717) is 0 Å². The van der Waals surface area contributed by atoms with E-state index in [9.17, 15) is 0 Å². The zero-order valence-electron chi connectivity index (χ0n) is 8.52. The average Bonchev–Trinajstić information content (AvgIpc) is 2.12. The molecular weight excluding hydrogens is 148 g/mol. The van der Waals surface area contributed by atoms with Crippen LogP contribution in [0.4, 0.5) is 0 Å². The Kier molecular flexibility index (Phi) is 3.19. The molecule has 0 heterocycles. The van der Waals surface area contributed by atoms with Gasteiger partial charge in [0.05, 0.1) is 5.76 Å². The van der Waals surface area contributed by atoms with Crippen molar-refractivity contribution >= 4 is 0 Å². The van der Waals surface area contributed by atoms with Gasteiger partial charge in [0.2, 0.25) is 0 Å². The van der Waals surface area contributed by atoms with Crippen LogP contribution in [0.25, 0.3) is 0 Å². The van der Waals surface area contributed by atoms with Gasteiger partial charge >= 0.3 is 0 Å². The Labute approximate surface area is 75.8 Å². The van der Waals surface area contributed by atoms with Crippen LogP contribution in [0, 0.1) is 0 Å². The van der Waals surface area contributed by atoms with Crippen LogP contribution in [-0.2, 0) is 4.74 Å². The molecule has 1 aliphatic rings. The highest BCUT2D eigenvalue weighted by Crippen LogP contribution is 2.22. The standard InChI is InChI=1S/C11H20O/c1-11(2,3)12-10-8-6-4-5-7-9-10/h8H,4-7,9H2,1-3H3. The largest absolute Gasteiger partial charge is 0.493 e. The van der Waals surface area contributed by atoms with Crippen molar-refractivity contribution in [3.8, 4) is 0 Å². The van der Waals surface area contributed by atoms with Crippen LogP contribution in [0.5, 0.6) is 0 Å². The van der Waals surface area contributed by atoms with Crippen molar-refractivity contribution in [1.82, 2.24) is 0 Å². The van der Waals surface area contributed by atoms with Gasteiger partial charge in [-0.1, -0.05) is 6.42 Å². The van der Waals surface area contributed by atoms with Crippen molar-refractivity contribution in [2.75, 3.05) is 0 Å². The van der Waals surface area contributed by atoms with Gasteiger partial charge in [0, 0.05) is 6.42 Å². The van der Waals surface area contributed by atoms with Crippen LogP contribution in [0.2, 0.25) is 0 Å². The number of hydrogen-bond acceptors (Lipinski definition) is 1. The van der Waals surface area contributed by atoms with Gasteiger partial charge in [-0.05, 0) is 46.1 Å². The van der Waals surface area contributed by atoms with E-state index < -0.39 is 0 Å². The van der Waals surface area contributed by atoms with Gasteiger partial charge in [0.25, 0.3) is 0 Å². The Morgan fingerprint density at radius 3 is 2.58 bits per heavy atom. The Bertz CT molecular complexity index is 162. The molecule has 12 heavy (non-hydrogen) atoms. The van der Waals surface area contributed by atoms with Crippen LogP contribution in [0.15, 0.2) is 11.8 Å². The molecule has 0 unspecified atom stereocenters. The molecule has 0 aliphatic heterocycles. The molecule has 0 aromatic rings. The van der Waals surface area contributed by atoms with Crippen molar-refractivity contribution in [2.45, 2.75) is 58.5 Å². The van der Waals surface area contributed by atoms with Gasteiger partial charge < -0.3 is 4.74 Å². The first-order valence-corrected chi connectivity index (χ1v) is 4.96. The third kappa shape index (κ3) is 3.80. The summed E-state index contributed by atoms with van der Waals surface area (Å²) in [6.45, 7) is 6.33. The van der Waals surface area contributed by atoms with Gasteiger partial charge in [-0.2, -0.15) is 0 Å². The van der Waals surface area contributed by atoms with Crippen molar-refractivity contribution in [3.05, 3.63) is 11.8 Å². The van der Waals surface area contributed by atoms with Crippen molar-refractivity contribution in [2.24, 2.45) is 0 Å². The van der Waals surface area contributed by atoms with Gasteiger partial charge in [0.1, 0.15) is 5.60 Å². The molecule has 1 aliphatic carbocycles. The van der Waals surface area contributed by atoms with E-state index >= 15 is 0 Å². The van der Waals surface area contributed by atoms with Crippen LogP contribution < -0.4 is 0 Å². The molecule has 0 atom stereocenters. The minimum absolute atomic E-state index is 0.0177. The van der Waals surface area contributed by atoms with E-state index in [0.717, 1.165) is 6.42 Å². The summed E-state index contributed by atoms with van der Waals surface area (Å²) in [6.07, 6.45) is 8.58. The quantitative estimate of drug-likeness (QED) is 0.580. The summed E-state index contributed by atoms with van der Waals surface area (Å²) in [5.41, 5.74) is -0.0177. The van der Waals surface area contributed by atoms with E-state index in [4.69, 9.17) is 4.74 Å². The Balaban J connectivity index is 2.44. The van der Waals surface area contributed by atoms with E-state index in [2.05, 4.69) is 26.8 Å². The molecule has 0 N–H and O–H groups in total. The maximum absolute atomic E-state index is 5.82. The second-order valence-electron chi connectivity index (χ2n) is 4.48. The number of hydrogen-bond donors (Lipinski definition) is 0. The predicted octanol–water partition coefficient (Wildman–Crippen LogP) is 3.65. The monoisotopic (exact) mass is 168 g/mol. The third-order valence-electron chi connectivity index (χ3n) is 1.94. The van der Waals surface area contributed by atoms with Crippen molar-refractivity contribution in [1.29, 1.82) is 0 Å². The molecule has 70 valence electrons.